The maximum Gasteiger partial charge on any atom is 0.266 e. The van der Waals surface area contributed by atoms with E-state index in [4.69, 9.17) is 4.74 Å². The molecule has 0 saturated carbocycles. The highest BCUT2D eigenvalue weighted by Gasteiger charge is 2.11. The highest BCUT2D eigenvalue weighted by atomic mass is 79.9. The lowest BCUT2D eigenvalue weighted by molar-refractivity contribution is 0.301. The molecule has 0 spiro atoms. The zero-order valence-corrected chi connectivity index (χ0v) is 19.4. The van der Waals surface area contributed by atoms with Crippen LogP contribution in [-0.2, 0) is 13.2 Å². The summed E-state index contributed by atoms with van der Waals surface area (Å²) in [5.74, 6) is 1.21. The number of rotatable bonds is 6. The molecule has 0 unspecified atom stereocenters. The molecule has 5 aromatic rings. The van der Waals surface area contributed by atoms with E-state index in [1.165, 1.54) is 0 Å². The molecular weight excluding hydrogens is 482 g/mol. The number of aryl methyl sites for hydroxylation is 1. The molecule has 0 radical (unpaired) electrons. The Morgan fingerprint density at radius 1 is 1.00 bits per heavy atom. The fraction of sp³-hybridized carbons (Fsp3) is 0.120. The van der Waals surface area contributed by atoms with Gasteiger partial charge in [-0.1, -0.05) is 51.5 Å². The van der Waals surface area contributed by atoms with E-state index in [1.807, 2.05) is 73.8 Å². The van der Waals surface area contributed by atoms with Crippen molar-refractivity contribution in [3.8, 4) is 11.4 Å². The Balaban J connectivity index is 1.35. The smallest absolute Gasteiger partial charge is 0.266 e. The molecule has 0 saturated heterocycles. The van der Waals surface area contributed by atoms with Gasteiger partial charge in [-0.3, -0.25) is 9.36 Å². The molecule has 0 bridgehead atoms. The van der Waals surface area contributed by atoms with Crippen LogP contribution in [-0.4, -0.2) is 24.5 Å². The molecular formula is C25H20BrN5O2. The first-order valence-corrected chi connectivity index (χ1v) is 11.2. The van der Waals surface area contributed by atoms with Crippen LogP contribution in [0.25, 0.3) is 16.6 Å². The Bertz CT molecular complexity index is 1480. The lowest BCUT2D eigenvalue weighted by Gasteiger charge is -2.11. The normalized spacial score (nSPS) is 11.1. The third-order valence-electron chi connectivity index (χ3n) is 5.25. The Labute approximate surface area is 198 Å². The average Bonchev–Trinajstić information content (AvgIpc) is 3.27. The lowest BCUT2D eigenvalue weighted by atomic mass is 10.2. The van der Waals surface area contributed by atoms with Gasteiger partial charge in [0.2, 0.25) is 0 Å². The summed E-state index contributed by atoms with van der Waals surface area (Å²) in [4.78, 5) is 17.8. The van der Waals surface area contributed by atoms with E-state index in [9.17, 15) is 4.79 Å². The van der Waals surface area contributed by atoms with Crippen LogP contribution in [0.1, 0.15) is 17.1 Å². The molecule has 0 amide bonds. The minimum Gasteiger partial charge on any atom is -0.487 e. The van der Waals surface area contributed by atoms with E-state index >= 15 is 0 Å². The van der Waals surface area contributed by atoms with Crippen LogP contribution in [0.2, 0.25) is 0 Å². The van der Waals surface area contributed by atoms with Gasteiger partial charge in [-0.2, -0.15) is 0 Å². The topological polar surface area (TPSA) is 74.8 Å². The van der Waals surface area contributed by atoms with Crippen molar-refractivity contribution in [2.24, 2.45) is 0 Å². The van der Waals surface area contributed by atoms with E-state index in [0.717, 1.165) is 15.7 Å². The molecule has 5 rings (SSSR count). The van der Waals surface area contributed by atoms with Crippen LogP contribution in [0, 0.1) is 6.92 Å². The predicted octanol–water partition coefficient (Wildman–Crippen LogP) is 4.68. The van der Waals surface area contributed by atoms with Gasteiger partial charge >= 0.3 is 0 Å². The number of halogens is 1. The first kappa shape index (κ1) is 21.1. The van der Waals surface area contributed by atoms with Gasteiger partial charge < -0.3 is 4.74 Å². The zero-order valence-electron chi connectivity index (χ0n) is 17.9. The number of hydrogen-bond donors (Lipinski definition) is 0. The third kappa shape index (κ3) is 4.56. The second-order valence-electron chi connectivity index (χ2n) is 7.64. The van der Waals surface area contributed by atoms with E-state index in [-0.39, 0.29) is 12.2 Å². The van der Waals surface area contributed by atoms with Gasteiger partial charge in [0.15, 0.2) is 0 Å². The molecule has 0 atom stereocenters. The number of fused-ring (bicyclic) bond motifs is 1. The van der Waals surface area contributed by atoms with Crippen LogP contribution in [0.3, 0.4) is 0 Å². The molecule has 33 heavy (non-hydrogen) atoms. The largest absolute Gasteiger partial charge is 0.487 e. The summed E-state index contributed by atoms with van der Waals surface area (Å²) in [5.41, 5.74) is 3.12. The molecule has 2 aromatic heterocycles. The molecule has 0 aliphatic carbocycles. The highest BCUT2D eigenvalue weighted by molar-refractivity contribution is 9.10. The summed E-state index contributed by atoms with van der Waals surface area (Å²) in [5, 5.41) is 8.87. The van der Waals surface area contributed by atoms with Crippen molar-refractivity contribution < 1.29 is 4.74 Å². The molecule has 2 heterocycles. The minimum absolute atomic E-state index is 0.130. The van der Waals surface area contributed by atoms with Crippen LogP contribution in [0.4, 0.5) is 0 Å². The molecule has 0 N–H and O–H groups in total. The van der Waals surface area contributed by atoms with Crippen molar-refractivity contribution in [2.75, 3.05) is 0 Å². The van der Waals surface area contributed by atoms with Crippen LogP contribution < -0.4 is 10.3 Å². The molecule has 0 fully saturated rings. The Hall–Kier alpha value is -3.78. The number of para-hydroxylation sites is 1. The van der Waals surface area contributed by atoms with Gasteiger partial charge in [-0.25, -0.2) is 9.67 Å². The monoisotopic (exact) mass is 501 g/mol. The first-order chi connectivity index (χ1) is 16.1. The summed E-state index contributed by atoms with van der Waals surface area (Å²) >= 11 is 3.44. The number of nitrogens with zero attached hydrogens (tertiary/aromatic N) is 5. The van der Waals surface area contributed by atoms with E-state index < -0.39 is 0 Å². The van der Waals surface area contributed by atoms with Crippen LogP contribution in [0.5, 0.6) is 5.75 Å². The molecule has 0 aliphatic heterocycles. The van der Waals surface area contributed by atoms with Gasteiger partial charge in [-0.15, -0.1) is 5.10 Å². The maximum absolute atomic E-state index is 13.2. The third-order valence-corrected chi connectivity index (χ3v) is 5.78. The van der Waals surface area contributed by atoms with Gasteiger partial charge in [0.25, 0.3) is 5.56 Å². The second kappa shape index (κ2) is 8.99. The summed E-state index contributed by atoms with van der Waals surface area (Å²) in [6.45, 7) is 2.70. The van der Waals surface area contributed by atoms with Crippen molar-refractivity contribution in [1.82, 2.24) is 24.5 Å². The van der Waals surface area contributed by atoms with E-state index in [2.05, 4.69) is 31.2 Å². The van der Waals surface area contributed by atoms with Gasteiger partial charge in [-0.05, 0) is 55.0 Å². The summed E-state index contributed by atoms with van der Waals surface area (Å²) in [6.07, 6.45) is 1.86. The maximum atomic E-state index is 13.2. The van der Waals surface area contributed by atoms with Crippen molar-refractivity contribution in [1.29, 1.82) is 0 Å². The predicted molar refractivity (Wildman–Crippen MR) is 130 cm³/mol. The fourth-order valence-corrected chi connectivity index (χ4v) is 3.93. The van der Waals surface area contributed by atoms with Gasteiger partial charge in [0.05, 0.1) is 29.3 Å². The van der Waals surface area contributed by atoms with Crippen molar-refractivity contribution in [3.63, 3.8) is 0 Å². The van der Waals surface area contributed by atoms with Crippen LogP contribution >= 0.6 is 15.9 Å². The van der Waals surface area contributed by atoms with Gasteiger partial charge in [0.1, 0.15) is 23.9 Å². The summed E-state index contributed by atoms with van der Waals surface area (Å²) in [7, 11) is 0. The summed E-state index contributed by atoms with van der Waals surface area (Å²) < 4.78 is 10.3. The Kier molecular flexibility index (Phi) is 5.75. The Morgan fingerprint density at radius 2 is 1.79 bits per heavy atom. The Morgan fingerprint density at radius 3 is 2.58 bits per heavy atom. The number of aromatic nitrogens is 5. The lowest BCUT2D eigenvalue weighted by Crippen LogP contribution is -2.22. The molecule has 7 nitrogen and oxygen atoms in total. The number of hydrogen-bond acceptors (Lipinski definition) is 5. The average molecular weight is 502 g/mol. The molecule has 3 aromatic carbocycles. The SMILES string of the molecule is Cc1nc2ccc(OCc3cn(Cc4ccc(Br)cc4)nn3)cc2c(=O)n1-c1ccccc1. The second-order valence-corrected chi connectivity index (χ2v) is 8.55. The fourth-order valence-electron chi connectivity index (χ4n) is 3.66. The van der Waals surface area contributed by atoms with Crippen molar-refractivity contribution in [3.05, 3.63) is 111 Å². The standard InChI is InChI=1S/C25H20BrN5O2/c1-17-27-24-12-11-22(13-23(24)25(32)31(17)21-5-3-2-4-6-21)33-16-20-15-30(29-28-20)14-18-7-9-19(26)10-8-18/h2-13,15H,14,16H2,1H3. The van der Waals surface area contributed by atoms with E-state index in [1.54, 1.807) is 21.4 Å². The summed E-state index contributed by atoms with van der Waals surface area (Å²) in [6, 6.07) is 22.9. The van der Waals surface area contributed by atoms with Gasteiger partial charge in [0, 0.05) is 4.47 Å². The minimum atomic E-state index is -0.130. The quantitative estimate of drug-likeness (QED) is 0.337. The number of ether oxygens (including phenoxy) is 1. The molecule has 8 heteroatoms. The van der Waals surface area contributed by atoms with Crippen LogP contribution in [0.15, 0.2) is 88.3 Å². The number of benzene rings is 3. The van der Waals surface area contributed by atoms with Crippen molar-refractivity contribution >= 4 is 26.8 Å². The van der Waals surface area contributed by atoms with E-state index in [0.29, 0.717) is 34.7 Å². The molecule has 164 valence electrons. The first-order valence-electron chi connectivity index (χ1n) is 10.4. The zero-order chi connectivity index (χ0) is 22.8. The molecule has 0 aliphatic rings. The highest BCUT2D eigenvalue weighted by Crippen LogP contribution is 2.20. The van der Waals surface area contributed by atoms with Crippen molar-refractivity contribution in [2.45, 2.75) is 20.1 Å².